The molecule has 0 radical (unpaired) electrons. The van der Waals surface area contributed by atoms with Crippen molar-refractivity contribution >= 4 is 0 Å². The molecule has 0 bridgehead atoms. The van der Waals surface area contributed by atoms with Crippen molar-refractivity contribution in [2.24, 2.45) is 11.7 Å². The summed E-state index contributed by atoms with van der Waals surface area (Å²) in [5, 5.41) is 9.29. The number of hydrogen-bond donors (Lipinski definition) is 2. The molecule has 0 amide bonds. The summed E-state index contributed by atoms with van der Waals surface area (Å²) in [6.07, 6.45) is -4.23. The van der Waals surface area contributed by atoms with Crippen molar-refractivity contribution < 1.29 is 18.3 Å². The fourth-order valence-corrected chi connectivity index (χ4v) is 1.98. The highest BCUT2D eigenvalue weighted by molar-refractivity contribution is 4.87. The predicted octanol–water partition coefficient (Wildman–Crippen LogP) is 0.579. The van der Waals surface area contributed by atoms with Crippen LogP contribution in [-0.2, 0) is 0 Å². The highest BCUT2D eigenvalue weighted by atomic mass is 19.4. The number of aliphatic hydroxyl groups is 1. The quantitative estimate of drug-likeness (QED) is 0.740. The van der Waals surface area contributed by atoms with E-state index in [1.54, 1.807) is 6.92 Å². The van der Waals surface area contributed by atoms with Gasteiger partial charge in [0.1, 0.15) is 6.04 Å². The van der Waals surface area contributed by atoms with Crippen LogP contribution in [0.15, 0.2) is 0 Å². The van der Waals surface area contributed by atoms with Crippen LogP contribution in [0.3, 0.4) is 0 Å². The van der Waals surface area contributed by atoms with Gasteiger partial charge in [-0.3, -0.25) is 4.90 Å². The van der Waals surface area contributed by atoms with Crippen LogP contribution in [-0.4, -0.2) is 48.0 Å². The van der Waals surface area contributed by atoms with Crippen LogP contribution in [0.5, 0.6) is 0 Å². The minimum atomic E-state index is -4.28. The normalized spacial score (nSPS) is 28.0. The number of halogens is 3. The molecule has 1 heterocycles. The van der Waals surface area contributed by atoms with E-state index in [0.717, 1.165) is 0 Å². The van der Waals surface area contributed by atoms with E-state index in [4.69, 9.17) is 5.73 Å². The summed E-state index contributed by atoms with van der Waals surface area (Å²) in [5.41, 5.74) is 5.14. The van der Waals surface area contributed by atoms with Crippen molar-refractivity contribution in [3.63, 3.8) is 0 Å². The largest absolute Gasteiger partial charge is 0.405 e. The third-order valence-electron chi connectivity index (χ3n) is 2.98. The highest BCUT2D eigenvalue weighted by Gasteiger charge is 2.45. The summed E-state index contributed by atoms with van der Waals surface area (Å²) >= 11 is 0. The molecular weight excluding hydrogens is 209 g/mol. The maximum absolute atomic E-state index is 12.5. The van der Waals surface area contributed by atoms with Crippen LogP contribution in [0.2, 0.25) is 0 Å². The van der Waals surface area contributed by atoms with Crippen molar-refractivity contribution in [1.82, 2.24) is 4.90 Å². The van der Waals surface area contributed by atoms with Gasteiger partial charge >= 0.3 is 6.18 Å². The Morgan fingerprint density at radius 2 is 2.13 bits per heavy atom. The van der Waals surface area contributed by atoms with Gasteiger partial charge in [-0.2, -0.15) is 13.2 Å². The molecule has 15 heavy (non-hydrogen) atoms. The van der Waals surface area contributed by atoms with E-state index in [0.29, 0.717) is 13.0 Å². The third-order valence-corrected chi connectivity index (χ3v) is 2.98. The SMILES string of the molecule is CC(O)C1CCN(C(CN)C(F)(F)F)C1. The van der Waals surface area contributed by atoms with Crippen LogP contribution in [0.1, 0.15) is 13.3 Å². The second-order valence-corrected chi connectivity index (χ2v) is 4.08. The van der Waals surface area contributed by atoms with Crippen molar-refractivity contribution in [3.8, 4) is 0 Å². The van der Waals surface area contributed by atoms with Crippen molar-refractivity contribution in [2.75, 3.05) is 19.6 Å². The number of hydrogen-bond acceptors (Lipinski definition) is 3. The first-order valence-corrected chi connectivity index (χ1v) is 5.05. The second-order valence-electron chi connectivity index (χ2n) is 4.08. The van der Waals surface area contributed by atoms with Gasteiger partial charge in [0.25, 0.3) is 0 Å². The fraction of sp³-hybridized carbons (Fsp3) is 1.00. The van der Waals surface area contributed by atoms with Gasteiger partial charge in [-0.25, -0.2) is 0 Å². The second kappa shape index (κ2) is 4.67. The zero-order chi connectivity index (χ0) is 11.6. The zero-order valence-corrected chi connectivity index (χ0v) is 8.67. The molecule has 3 atom stereocenters. The van der Waals surface area contributed by atoms with Gasteiger partial charge in [0, 0.05) is 13.1 Å². The van der Waals surface area contributed by atoms with E-state index < -0.39 is 24.9 Å². The Labute approximate surface area is 87.0 Å². The van der Waals surface area contributed by atoms with E-state index in [2.05, 4.69) is 0 Å². The van der Waals surface area contributed by atoms with Crippen molar-refractivity contribution in [1.29, 1.82) is 0 Å². The first-order valence-electron chi connectivity index (χ1n) is 5.05. The molecule has 90 valence electrons. The van der Waals surface area contributed by atoms with Crippen LogP contribution < -0.4 is 5.73 Å². The molecule has 6 heteroatoms. The van der Waals surface area contributed by atoms with Crippen LogP contribution >= 0.6 is 0 Å². The average molecular weight is 226 g/mol. The Bertz CT molecular complexity index is 208. The molecular formula is C9H17F3N2O. The Hall–Kier alpha value is -0.330. The number of aliphatic hydroxyl groups excluding tert-OH is 1. The molecule has 0 aromatic carbocycles. The van der Waals surface area contributed by atoms with E-state index in [1.165, 1.54) is 4.90 Å². The number of alkyl halides is 3. The summed E-state index contributed by atoms with van der Waals surface area (Å²) in [5.74, 6) is -0.0681. The minimum Gasteiger partial charge on any atom is -0.393 e. The minimum absolute atomic E-state index is 0.0681. The lowest BCUT2D eigenvalue weighted by atomic mass is 10.0. The number of nitrogens with zero attached hydrogens (tertiary/aromatic N) is 1. The van der Waals surface area contributed by atoms with Crippen LogP contribution in [0.25, 0.3) is 0 Å². The maximum Gasteiger partial charge on any atom is 0.405 e. The molecule has 1 saturated heterocycles. The topological polar surface area (TPSA) is 49.5 Å². The predicted molar refractivity (Wildman–Crippen MR) is 50.3 cm³/mol. The van der Waals surface area contributed by atoms with Gasteiger partial charge in [-0.15, -0.1) is 0 Å². The molecule has 3 unspecified atom stereocenters. The Kier molecular flexibility index (Phi) is 3.97. The molecule has 0 spiro atoms. The van der Waals surface area contributed by atoms with Gasteiger partial charge in [0.2, 0.25) is 0 Å². The molecule has 1 fully saturated rings. The fourth-order valence-electron chi connectivity index (χ4n) is 1.98. The van der Waals surface area contributed by atoms with E-state index in [9.17, 15) is 18.3 Å². The number of rotatable bonds is 3. The summed E-state index contributed by atoms with van der Waals surface area (Å²) in [6, 6.07) is -1.57. The summed E-state index contributed by atoms with van der Waals surface area (Å²) in [7, 11) is 0. The molecule has 0 aliphatic carbocycles. The maximum atomic E-state index is 12.5. The van der Waals surface area contributed by atoms with Crippen molar-refractivity contribution in [2.45, 2.75) is 31.7 Å². The molecule has 0 aromatic heterocycles. The van der Waals surface area contributed by atoms with E-state index in [1.807, 2.05) is 0 Å². The number of likely N-dealkylation sites (tertiary alicyclic amines) is 1. The number of nitrogens with two attached hydrogens (primary N) is 1. The molecule has 0 aromatic rings. The first kappa shape index (κ1) is 12.7. The van der Waals surface area contributed by atoms with E-state index in [-0.39, 0.29) is 12.5 Å². The monoisotopic (exact) mass is 226 g/mol. The molecule has 1 aliphatic heterocycles. The average Bonchev–Trinajstić information content (AvgIpc) is 2.51. The molecule has 3 N–H and O–H groups in total. The Balaban J connectivity index is 2.58. The summed E-state index contributed by atoms with van der Waals surface area (Å²) in [6.45, 7) is 1.82. The molecule has 0 saturated carbocycles. The van der Waals surface area contributed by atoms with Crippen LogP contribution in [0.4, 0.5) is 13.2 Å². The van der Waals surface area contributed by atoms with Gasteiger partial charge in [0.05, 0.1) is 6.10 Å². The Morgan fingerprint density at radius 3 is 2.47 bits per heavy atom. The standard InChI is InChI=1S/C9H17F3N2O/c1-6(15)7-2-3-14(5-7)8(4-13)9(10,11)12/h6-8,15H,2-5,13H2,1H3. The van der Waals surface area contributed by atoms with E-state index >= 15 is 0 Å². The third kappa shape index (κ3) is 3.06. The lowest BCUT2D eigenvalue weighted by Gasteiger charge is -2.28. The zero-order valence-electron chi connectivity index (χ0n) is 8.67. The smallest absolute Gasteiger partial charge is 0.393 e. The first-order chi connectivity index (χ1) is 6.86. The summed E-state index contributed by atoms with van der Waals surface area (Å²) < 4.78 is 37.5. The highest BCUT2D eigenvalue weighted by Crippen LogP contribution is 2.29. The van der Waals surface area contributed by atoms with Gasteiger partial charge in [-0.05, 0) is 25.8 Å². The van der Waals surface area contributed by atoms with Gasteiger partial charge in [0.15, 0.2) is 0 Å². The molecule has 3 nitrogen and oxygen atoms in total. The lowest BCUT2D eigenvalue weighted by Crippen LogP contribution is -2.49. The van der Waals surface area contributed by atoms with Gasteiger partial charge < -0.3 is 10.8 Å². The summed E-state index contributed by atoms with van der Waals surface area (Å²) in [4.78, 5) is 1.32. The Morgan fingerprint density at radius 1 is 1.53 bits per heavy atom. The molecule has 1 aliphatic rings. The molecule has 1 rings (SSSR count). The lowest BCUT2D eigenvalue weighted by molar-refractivity contribution is -0.178. The van der Waals surface area contributed by atoms with Crippen LogP contribution in [0, 0.1) is 5.92 Å². The van der Waals surface area contributed by atoms with Gasteiger partial charge in [-0.1, -0.05) is 0 Å². The van der Waals surface area contributed by atoms with Crippen molar-refractivity contribution in [3.05, 3.63) is 0 Å².